The summed E-state index contributed by atoms with van der Waals surface area (Å²) in [6, 6.07) is 40.2. The largest absolute Gasteiger partial charge is 0.497 e. The van der Waals surface area contributed by atoms with Crippen LogP contribution in [0, 0.1) is 30.3 Å². The minimum Gasteiger partial charge on any atom is -0.497 e. The molecule has 0 saturated carbocycles. The number of methoxy groups -OCH3 is 2. The van der Waals surface area contributed by atoms with Gasteiger partial charge in [0, 0.05) is 55.7 Å². The molecule has 9 rings (SSSR count). The molecule has 2 amide bonds. The number of nitrogens with one attached hydrogen (secondary N) is 2. The first kappa shape index (κ1) is 56.6. The van der Waals surface area contributed by atoms with Gasteiger partial charge >= 0.3 is 12.2 Å². The number of carbonyl (C=O) groups excluding carboxylic acids is 2. The molecule has 82 heavy (non-hydrogen) atoms. The summed E-state index contributed by atoms with van der Waals surface area (Å²) >= 11 is 0. The molecule has 4 atom stereocenters. The van der Waals surface area contributed by atoms with Gasteiger partial charge in [0.05, 0.1) is 61.7 Å². The fraction of sp³-hybridized carbons (Fsp3) is 0.246. The van der Waals surface area contributed by atoms with Crippen molar-refractivity contribution in [2.24, 2.45) is 0 Å². The third-order valence-electron chi connectivity index (χ3n) is 13.5. The van der Waals surface area contributed by atoms with Crippen molar-refractivity contribution in [2.45, 2.75) is 49.3 Å². The van der Waals surface area contributed by atoms with E-state index in [1.54, 1.807) is 74.9 Å². The minimum absolute atomic E-state index is 0.00581. The molecular weight excluding hydrogens is 1070 g/mol. The van der Waals surface area contributed by atoms with E-state index in [1.807, 2.05) is 54.6 Å². The highest BCUT2D eigenvalue weighted by Crippen LogP contribution is 2.43. The zero-order valence-electron chi connectivity index (χ0n) is 44.0. The molecule has 422 valence electrons. The zero-order chi connectivity index (χ0) is 57.8. The van der Waals surface area contributed by atoms with Crippen molar-refractivity contribution in [2.75, 3.05) is 46.0 Å². The molecular formula is C57H53N9O16. The highest BCUT2D eigenvalue weighted by atomic mass is 16.6. The van der Waals surface area contributed by atoms with Crippen LogP contribution in [-0.2, 0) is 43.8 Å². The molecule has 0 bridgehead atoms. The van der Waals surface area contributed by atoms with E-state index in [2.05, 4.69) is 25.6 Å². The lowest BCUT2D eigenvalue weighted by Gasteiger charge is -2.37. The van der Waals surface area contributed by atoms with Gasteiger partial charge in [-0.05, 0) is 57.6 Å². The molecule has 1 saturated heterocycles. The number of nitrogens with zero attached hydrogens (tertiary/aromatic N) is 7. The number of hydrogen-bond donors (Lipinski definition) is 3. The summed E-state index contributed by atoms with van der Waals surface area (Å²) in [6.45, 7) is -0.640. The van der Waals surface area contributed by atoms with Gasteiger partial charge in [0.15, 0.2) is 17.4 Å². The molecule has 0 unspecified atom stereocenters. The Morgan fingerprint density at radius 3 is 1.60 bits per heavy atom. The van der Waals surface area contributed by atoms with Crippen molar-refractivity contribution in [1.82, 2.24) is 24.8 Å². The number of benzene rings is 6. The first-order valence-electron chi connectivity index (χ1n) is 25.5. The summed E-state index contributed by atoms with van der Waals surface area (Å²) < 4.78 is 43.6. The molecule has 8 aromatic rings. The fourth-order valence-corrected chi connectivity index (χ4v) is 9.24. The number of aliphatic hydroxyl groups excluding tert-OH is 1. The molecule has 0 spiro atoms. The van der Waals surface area contributed by atoms with Crippen LogP contribution in [0.15, 0.2) is 158 Å². The molecule has 0 radical (unpaired) electrons. The Labute approximate surface area is 466 Å². The van der Waals surface area contributed by atoms with Crippen LogP contribution >= 0.6 is 0 Å². The summed E-state index contributed by atoms with van der Waals surface area (Å²) in [6.07, 6.45) is -4.03. The number of nitro groups is 3. The van der Waals surface area contributed by atoms with E-state index in [0.717, 1.165) is 0 Å². The summed E-state index contributed by atoms with van der Waals surface area (Å²) in [7, 11) is 3.12. The second-order valence-electron chi connectivity index (χ2n) is 18.5. The van der Waals surface area contributed by atoms with Crippen molar-refractivity contribution in [3.63, 3.8) is 0 Å². The topological polar surface area (TPSA) is 316 Å². The predicted octanol–water partition coefficient (Wildman–Crippen LogP) is 8.59. The number of amides is 2. The number of aromatic nitrogens is 4. The number of fused-ring (bicyclic) bond motifs is 1. The second-order valence-corrected chi connectivity index (χ2v) is 18.5. The quantitative estimate of drug-likeness (QED) is 0.0290. The van der Waals surface area contributed by atoms with Gasteiger partial charge < -0.3 is 43.6 Å². The molecule has 1 fully saturated rings. The van der Waals surface area contributed by atoms with Crippen molar-refractivity contribution < 1.29 is 62.6 Å². The summed E-state index contributed by atoms with van der Waals surface area (Å²) in [4.78, 5) is 73.0. The molecule has 25 nitrogen and oxygen atoms in total. The summed E-state index contributed by atoms with van der Waals surface area (Å²) in [5.41, 5.74) is 2.48. The summed E-state index contributed by atoms with van der Waals surface area (Å²) in [5, 5.41) is 51.4. The molecule has 0 aliphatic carbocycles. The van der Waals surface area contributed by atoms with Crippen LogP contribution < -0.4 is 24.8 Å². The van der Waals surface area contributed by atoms with E-state index < -0.39 is 57.0 Å². The number of rotatable bonds is 24. The van der Waals surface area contributed by atoms with Crippen molar-refractivity contribution >= 4 is 46.4 Å². The lowest BCUT2D eigenvalue weighted by Crippen LogP contribution is -2.47. The van der Waals surface area contributed by atoms with Crippen LogP contribution in [0.5, 0.6) is 17.4 Å². The van der Waals surface area contributed by atoms with Crippen LogP contribution in [0.1, 0.15) is 39.6 Å². The Morgan fingerprint density at radius 2 is 1.11 bits per heavy atom. The monoisotopic (exact) mass is 1120 g/mol. The molecule has 25 heteroatoms. The zero-order valence-corrected chi connectivity index (χ0v) is 44.0. The van der Waals surface area contributed by atoms with Crippen LogP contribution in [0.2, 0.25) is 0 Å². The maximum Gasteiger partial charge on any atom is 0.414 e. The maximum atomic E-state index is 13.8. The number of anilines is 1. The Balaban J connectivity index is 1.05. The Hall–Kier alpha value is -10.1. The first-order valence-corrected chi connectivity index (χ1v) is 25.5. The Morgan fingerprint density at radius 1 is 0.634 bits per heavy atom. The van der Waals surface area contributed by atoms with Crippen molar-refractivity contribution in [3.8, 4) is 17.4 Å². The average molecular weight is 1120 g/mol. The van der Waals surface area contributed by atoms with Gasteiger partial charge in [-0.25, -0.2) is 14.6 Å². The molecule has 6 aromatic carbocycles. The van der Waals surface area contributed by atoms with Gasteiger partial charge in [-0.1, -0.05) is 91.0 Å². The number of carbonyl (C=O) groups is 2. The first-order chi connectivity index (χ1) is 39.7. The normalized spacial score (nSPS) is 15.7. The standard InChI is InChI=1S/C57H53N9O16/c1-76-45-24-14-40(15-25-45)57(39-6-4-3-5-7-39,41-16-26-46(77-2)27-17-41)81-34-47-50(67)48(59-55(68)79-32-29-37-10-20-43(21-11-37)65(72)73)53(82-47)63-35-58-49-51(63)60-54(61-52(49)78-31-28-36-8-18-42(19-9-36)64(70)71)62-56(69)80-33-30-38-12-22-44(23-13-38)66(74)75/h3-27,35,47-48,50,53,67H,28-34H2,1-2H3,(H,59,68)(H,60,61,62,69)/t47-,48-,50-,53-/m1/s1. The van der Waals surface area contributed by atoms with Gasteiger partial charge in [-0.15, -0.1) is 0 Å². The molecule has 1 aliphatic rings. The number of nitro benzene ring substituents is 3. The van der Waals surface area contributed by atoms with Gasteiger partial charge in [0.25, 0.3) is 17.1 Å². The maximum absolute atomic E-state index is 13.8. The van der Waals surface area contributed by atoms with Crippen molar-refractivity contribution in [3.05, 3.63) is 222 Å². The molecule has 2 aromatic heterocycles. The number of imidazole rings is 1. The fourth-order valence-electron chi connectivity index (χ4n) is 9.24. The van der Waals surface area contributed by atoms with E-state index in [1.165, 1.54) is 47.3 Å². The van der Waals surface area contributed by atoms with Gasteiger partial charge in [-0.3, -0.25) is 40.2 Å². The van der Waals surface area contributed by atoms with Gasteiger partial charge in [-0.2, -0.15) is 9.97 Å². The highest BCUT2D eigenvalue weighted by Gasteiger charge is 2.49. The van der Waals surface area contributed by atoms with Crippen LogP contribution in [0.25, 0.3) is 11.2 Å². The average Bonchev–Trinajstić information content (AvgIpc) is 4.18. The van der Waals surface area contributed by atoms with Crippen LogP contribution in [-0.4, -0.2) is 110 Å². The molecule has 1 aliphatic heterocycles. The highest BCUT2D eigenvalue weighted by molar-refractivity contribution is 5.85. The molecule has 3 heterocycles. The second kappa shape index (κ2) is 25.8. The molecule has 3 N–H and O–H groups in total. The van der Waals surface area contributed by atoms with Crippen LogP contribution in [0.3, 0.4) is 0 Å². The van der Waals surface area contributed by atoms with Crippen LogP contribution in [0.4, 0.5) is 32.6 Å². The van der Waals surface area contributed by atoms with E-state index >= 15 is 0 Å². The lowest BCUT2D eigenvalue weighted by atomic mass is 9.80. The Kier molecular flexibility index (Phi) is 17.8. The SMILES string of the molecule is COc1ccc(C(OC[C@H]2O[C@@H](n3cnc4c(OCCc5ccc([N+](=O)[O-])cc5)nc(NC(=O)OCCc5ccc([N+](=O)[O-])cc5)nc43)[C@H](NC(=O)OCCc3ccc([N+](=O)[O-])cc3)[C@@H]2O)(c2ccccc2)c2ccc(OC)cc2)cc1. The van der Waals surface area contributed by atoms with E-state index in [0.29, 0.717) is 44.9 Å². The smallest absolute Gasteiger partial charge is 0.414 e. The summed E-state index contributed by atoms with van der Waals surface area (Å²) in [5.74, 6) is 0.749. The lowest BCUT2D eigenvalue weighted by molar-refractivity contribution is -0.385. The van der Waals surface area contributed by atoms with Gasteiger partial charge in [0.2, 0.25) is 11.8 Å². The number of hydrogen-bond acceptors (Lipinski definition) is 19. The number of alkyl carbamates (subject to hydrolysis) is 1. The third-order valence-corrected chi connectivity index (χ3v) is 13.5. The number of non-ortho nitro benzene ring substituents is 3. The van der Waals surface area contributed by atoms with E-state index in [4.69, 9.17) is 33.2 Å². The number of ether oxygens (including phenoxy) is 7. The number of aliphatic hydroxyl groups is 1. The third kappa shape index (κ3) is 13.1. The predicted molar refractivity (Wildman–Crippen MR) is 293 cm³/mol. The van der Waals surface area contributed by atoms with Gasteiger partial charge in [0.1, 0.15) is 35.3 Å². The Bertz CT molecular complexity index is 3470. The van der Waals surface area contributed by atoms with E-state index in [-0.39, 0.29) is 85.7 Å². The van der Waals surface area contributed by atoms with Crippen molar-refractivity contribution in [1.29, 1.82) is 0 Å². The van der Waals surface area contributed by atoms with E-state index in [9.17, 15) is 45.0 Å². The minimum atomic E-state index is -1.53.